The maximum Gasteiger partial charge on any atom is 0.275 e. The normalized spacial score (nSPS) is 10.6. The van der Waals surface area contributed by atoms with Gasteiger partial charge in [-0.3, -0.25) is 4.79 Å². The molecule has 3 aromatic rings. The van der Waals surface area contributed by atoms with Gasteiger partial charge < -0.3 is 5.32 Å². The van der Waals surface area contributed by atoms with Gasteiger partial charge in [0.25, 0.3) is 5.91 Å². The molecule has 1 N–H and O–H groups in total. The van der Waals surface area contributed by atoms with Crippen LogP contribution in [-0.2, 0) is 6.54 Å². The summed E-state index contributed by atoms with van der Waals surface area (Å²) >= 11 is 7.11. The molecule has 3 rings (SSSR count). The number of anilines is 1. The number of hydrogen-bond acceptors (Lipinski definition) is 5. The molecule has 2 aromatic heterocycles. The first-order valence-electron chi connectivity index (χ1n) is 6.47. The van der Waals surface area contributed by atoms with Crippen LogP contribution >= 0.6 is 22.9 Å². The third-order valence-corrected chi connectivity index (χ3v) is 4.08. The van der Waals surface area contributed by atoms with E-state index in [0.717, 1.165) is 10.4 Å². The van der Waals surface area contributed by atoms with Crippen LogP contribution in [0.1, 0.15) is 20.9 Å². The zero-order chi connectivity index (χ0) is 15.5. The van der Waals surface area contributed by atoms with E-state index in [-0.39, 0.29) is 5.91 Å². The number of hydrogen-bond donors (Lipinski definition) is 1. The van der Waals surface area contributed by atoms with Crippen molar-refractivity contribution in [1.29, 1.82) is 0 Å². The fourth-order valence-corrected chi connectivity index (χ4v) is 3.02. The van der Waals surface area contributed by atoms with Crippen LogP contribution in [0.3, 0.4) is 0 Å². The summed E-state index contributed by atoms with van der Waals surface area (Å²) in [6.07, 6.45) is 3.15. The third kappa shape index (κ3) is 3.32. The van der Waals surface area contributed by atoms with E-state index in [1.165, 1.54) is 17.7 Å². The Kier molecular flexibility index (Phi) is 4.17. The van der Waals surface area contributed by atoms with Crippen molar-refractivity contribution < 1.29 is 4.79 Å². The van der Waals surface area contributed by atoms with Gasteiger partial charge in [-0.1, -0.05) is 23.7 Å². The molecule has 112 valence electrons. The Morgan fingerprint density at radius 3 is 2.73 bits per heavy atom. The van der Waals surface area contributed by atoms with Crippen LogP contribution in [0.25, 0.3) is 0 Å². The monoisotopic (exact) mass is 333 g/mol. The fraction of sp³-hybridized carbons (Fsp3) is 0.143. The fourth-order valence-electron chi connectivity index (χ4n) is 1.96. The zero-order valence-electron chi connectivity index (χ0n) is 11.7. The summed E-state index contributed by atoms with van der Waals surface area (Å²) in [6.45, 7) is 2.45. The van der Waals surface area contributed by atoms with E-state index in [0.29, 0.717) is 22.4 Å². The van der Waals surface area contributed by atoms with Gasteiger partial charge in [0.05, 0.1) is 6.54 Å². The highest BCUT2D eigenvalue weighted by molar-refractivity contribution is 7.15. The summed E-state index contributed by atoms with van der Waals surface area (Å²) in [4.78, 5) is 20.9. The molecule has 0 atom stereocenters. The quantitative estimate of drug-likeness (QED) is 0.796. The molecule has 1 amide bonds. The smallest absolute Gasteiger partial charge is 0.275 e. The summed E-state index contributed by atoms with van der Waals surface area (Å²) in [5, 5.41) is 6.86. The Hall–Kier alpha value is -2.25. The maximum absolute atomic E-state index is 12.1. The van der Waals surface area contributed by atoms with Crippen LogP contribution < -0.4 is 5.32 Å². The van der Waals surface area contributed by atoms with Crippen LogP contribution in [0.5, 0.6) is 0 Å². The van der Waals surface area contributed by atoms with Crippen molar-refractivity contribution in [2.75, 3.05) is 5.32 Å². The molecular weight excluding hydrogens is 322 g/mol. The van der Waals surface area contributed by atoms with Gasteiger partial charge in [0.15, 0.2) is 4.47 Å². The van der Waals surface area contributed by atoms with Crippen LogP contribution in [0, 0.1) is 6.92 Å². The maximum atomic E-state index is 12.1. The van der Waals surface area contributed by atoms with E-state index in [9.17, 15) is 4.79 Å². The lowest BCUT2D eigenvalue weighted by Gasteiger charge is -2.06. The predicted octanol–water partition coefficient (Wildman–Crippen LogP) is 3.00. The minimum absolute atomic E-state index is 0.260. The van der Waals surface area contributed by atoms with E-state index >= 15 is 0 Å². The first-order valence-corrected chi connectivity index (χ1v) is 7.67. The summed E-state index contributed by atoms with van der Waals surface area (Å²) in [7, 11) is 0. The molecule has 0 fully saturated rings. The number of aryl methyl sites for hydroxylation is 1. The highest BCUT2D eigenvalue weighted by Gasteiger charge is 2.14. The van der Waals surface area contributed by atoms with Gasteiger partial charge in [-0.2, -0.15) is 5.10 Å². The molecule has 0 spiro atoms. The second kappa shape index (κ2) is 6.25. The Balaban J connectivity index is 1.68. The molecule has 0 bridgehead atoms. The van der Waals surface area contributed by atoms with Gasteiger partial charge in [0.1, 0.15) is 18.3 Å². The molecular formula is C14H12ClN5OS. The molecule has 6 nitrogen and oxygen atoms in total. The van der Waals surface area contributed by atoms with Crippen molar-refractivity contribution in [3.8, 4) is 0 Å². The summed E-state index contributed by atoms with van der Waals surface area (Å²) in [5.41, 5.74) is 2.13. The lowest BCUT2D eigenvalue weighted by Crippen LogP contribution is -2.13. The third-order valence-electron chi connectivity index (χ3n) is 3.01. The topological polar surface area (TPSA) is 72.7 Å². The van der Waals surface area contributed by atoms with Crippen LogP contribution in [-0.4, -0.2) is 25.7 Å². The molecule has 8 heteroatoms. The molecule has 0 aliphatic carbocycles. The first-order chi connectivity index (χ1) is 10.6. The minimum Gasteiger partial charge on any atom is -0.321 e. The number of aromatic nitrogens is 4. The van der Waals surface area contributed by atoms with Gasteiger partial charge in [0.2, 0.25) is 0 Å². The molecule has 0 aliphatic rings. The Morgan fingerprint density at radius 1 is 1.36 bits per heavy atom. The SMILES string of the molecule is Cc1sc(Cl)nc1C(=O)Nc1ccc(Cn2cncn2)cc1. The molecule has 0 saturated carbocycles. The average molecular weight is 334 g/mol. The van der Waals surface area contributed by atoms with Crippen molar-refractivity contribution in [2.24, 2.45) is 0 Å². The number of nitrogens with zero attached hydrogens (tertiary/aromatic N) is 4. The second-order valence-electron chi connectivity index (χ2n) is 4.62. The van der Waals surface area contributed by atoms with E-state index in [1.807, 2.05) is 31.2 Å². The average Bonchev–Trinajstić information content (AvgIpc) is 3.10. The summed E-state index contributed by atoms with van der Waals surface area (Å²) in [6, 6.07) is 7.54. The highest BCUT2D eigenvalue weighted by Crippen LogP contribution is 2.22. The van der Waals surface area contributed by atoms with E-state index in [2.05, 4.69) is 20.4 Å². The van der Waals surface area contributed by atoms with E-state index in [4.69, 9.17) is 11.6 Å². The predicted molar refractivity (Wildman–Crippen MR) is 85.4 cm³/mol. The highest BCUT2D eigenvalue weighted by atomic mass is 35.5. The van der Waals surface area contributed by atoms with Gasteiger partial charge >= 0.3 is 0 Å². The number of nitrogens with one attached hydrogen (secondary N) is 1. The molecule has 1 aromatic carbocycles. The van der Waals surface area contributed by atoms with Crippen LogP contribution in [0.4, 0.5) is 5.69 Å². The molecule has 0 aliphatic heterocycles. The van der Waals surface area contributed by atoms with Crippen LogP contribution in [0.2, 0.25) is 4.47 Å². The van der Waals surface area contributed by atoms with Crippen molar-refractivity contribution >= 4 is 34.5 Å². The van der Waals surface area contributed by atoms with Crippen molar-refractivity contribution in [3.63, 3.8) is 0 Å². The molecule has 0 radical (unpaired) electrons. The number of thiazole rings is 1. The molecule has 0 saturated heterocycles. The van der Waals surface area contributed by atoms with Crippen molar-refractivity contribution in [1.82, 2.24) is 19.7 Å². The molecule has 2 heterocycles. The van der Waals surface area contributed by atoms with E-state index < -0.39 is 0 Å². The summed E-state index contributed by atoms with van der Waals surface area (Å²) < 4.78 is 2.10. The lowest BCUT2D eigenvalue weighted by atomic mass is 10.2. The largest absolute Gasteiger partial charge is 0.321 e. The number of benzene rings is 1. The Morgan fingerprint density at radius 2 is 2.14 bits per heavy atom. The first kappa shape index (κ1) is 14.7. The Labute approximate surface area is 135 Å². The van der Waals surface area contributed by atoms with Crippen molar-refractivity contribution in [2.45, 2.75) is 13.5 Å². The number of carbonyl (C=O) groups excluding carboxylic acids is 1. The molecule has 22 heavy (non-hydrogen) atoms. The van der Waals surface area contributed by atoms with E-state index in [1.54, 1.807) is 11.0 Å². The zero-order valence-corrected chi connectivity index (χ0v) is 13.2. The van der Waals surface area contributed by atoms with Gasteiger partial charge in [-0.15, -0.1) is 11.3 Å². The number of rotatable bonds is 4. The molecule has 0 unspecified atom stereocenters. The summed E-state index contributed by atoms with van der Waals surface area (Å²) in [5.74, 6) is -0.260. The minimum atomic E-state index is -0.260. The lowest BCUT2D eigenvalue weighted by molar-refractivity contribution is 0.102. The van der Waals surface area contributed by atoms with Crippen molar-refractivity contribution in [3.05, 3.63) is 57.5 Å². The van der Waals surface area contributed by atoms with Gasteiger partial charge in [0, 0.05) is 10.6 Å². The second-order valence-corrected chi connectivity index (χ2v) is 6.40. The number of halogens is 1. The Bertz CT molecular complexity index is 782. The standard InChI is InChI=1S/C14H12ClN5OS/c1-9-12(19-14(15)22-9)13(21)18-11-4-2-10(3-5-11)6-20-8-16-7-17-20/h2-5,7-8H,6H2,1H3,(H,18,21). The van der Waals surface area contributed by atoms with Gasteiger partial charge in [-0.05, 0) is 24.6 Å². The van der Waals surface area contributed by atoms with Gasteiger partial charge in [-0.25, -0.2) is 14.6 Å². The number of amides is 1. The van der Waals surface area contributed by atoms with Crippen LogP contribution in [0.15, 0.2) is 36.9 Å². The number of carbonyl (C=O) groups is 1.